The van der Waals surface area contributed by atoms with Gasteiger partial charge < -0.3 is 19.8 Å². The van der Waals surface area contributed by atoms with Crippen LogP contribution in [-0.4, -0.2) is 63.6 Å². The summed E-state index contributed by atoms with van der Waals surface area (Å²) >= 11 is 0. The quantitative estimate of drug-likeness (QED) is 0.340. The Bertz CT molecular complexity index is 1690. The van der Waals surface area contributed by atoms with Gasteiger partial charge in [0.05, 0.1) is 33.7 Å². The number of hydrogen-bond acceptors (Lipinski definition) is 6. The number of rotatable bonds is 4. The van der Waals surface area contributed by atoms with Gasteiger partial charge in [-0.05, 0) is 76.1 Å². The van der Waals surface area contributed by atoms with Crippen molar-refractivity contribution in [1.29, 1.82) is 0 Å². The number of carboxylic acid groups (broad SMARTS) is 1. The number of anilines is 3. The van der Waals surface area contributed by atoms with E-state index in [2.05, 4.69) is 9.88 Å². The third-order valence-corrected chi connectivity index (χ3v) is 8.72. The first-order chi connectivity index (χ1) is 20.3. The lowest BCUT2D eigenvalue weighted by molar-refractivity contribution is -0.140. The minimum Gasteiger partial charge on any atom is -0.478 e. The van der Waals surface area contributed by atoms with Gasteiger partial charge in [-0.3, -0.25) is 4.79 Å². The van der Waals surface area contributed by atoms with Crippen molar-refractivity contribution in [2.24, 2.45) is 0 Å². The second-order valence-corrected chi connectivity index (χ2v) is 12.8. The fourth-order valence-electron chi connectivity index (χ4n) is 6.37. The SMILES string of the molecule is Cc1nc(N2CCN(C(=O)c3ccc4c(n3)C(C)(C)CN4c3ccc(C(F)(F)F)c(F)c3)C(C)(C)C2)c(C)c(C)c1C(=O)O. The number of benzene rings is 1. The molecule has 0 bridgehead atoms. The van der Waals surface area contributed by atoms with Gasteiger partial charge >= 0.3 is 12.1 Å². The number of aryl methyl sites for hydroxylation is 1. The molecule has 2 aliphatic rings. The number of amides is 1. The molecule has 0 saturated carbocycles. The molecule has 234 valence electrons. The molecule has 8 nitrogen and oxygen atoms in total. The smallest absolute Gasteiger partial charge is 0.419 e. The lowest BCUT2D eigenvalue weighted by Crippen LogP contribution is -2.61. The van der Waals surface area contributed by atoms with E-state index in [0.717, 1.165) is 17.7 Å². The van der Waals surface area contributed by atoms with Crippen LogP contribution in [0.5, 0.6) is 0 Å². The fraction of sp³-hybridized carbons (Fsp3) is 0.438. The van der Waals surface area contributed by atoms with Gasteiger partial charge in [0.1, 0.15) is 17.3 Å². The van der Waals surface area contributed by atoms with Gasteiger partial charge in [-0.15, -0.1) is 0 Å². The third-order valence-electron chi connectivity index (χ3n) is 8.72. The molecule has 1 N–H and O–H groups in total. The largest absolute Gasteiger partial charge is 0.478 e. The summed E-state index contributed by atoms with van der Waals surface area (Å²) in [7, 11) is 0. The van der Waals surface area contributed by atoms with Crippen LogP contribution < -0.4 is 9.80 Å². The number of piperazine rings is 1. The zero-order valence-electron chi connectivity index (χ0n) is 25.7. The number of halogens is 4. The first-order valence-electron chi connectivity index (χ1n) is 14.3. The van der Waals surface area contributed by atoms with Crippen molar-refractivity contribution >= 4 is 29.1 Å². The van der Waals surface area contributed by atoms with Gasteiger partial charge in [0, 0.05) is 37.3 Å². The van der Waals surface area contributed by atoms with E-state index < -0.39 is 34.5 Å². The van der Waals surface area contributed by atoms with E-state index in [9.17, 15) is 32.3 Å². The molecule has 44 heavy (non-hydrogen) atoms. The van der Waals surface area contributed by atoms with Crippen LogP contribution >= 0.6 is 0 Å². The van der Waals surface area contributed by atoms with Gasteiger partial charge in [0.2, 0.25) is 0 Å². The molecular weight excluding hydrogens is 578 g/mol. The number of carbonyl (C=O) groups excluding carboxylic acids is 1. The summed E-state index contributed by atoms with van der Waals surface area (Å²) in [5.41, 5.74) is 1.27. The molecule has 4 heterocycles. The molecule has 12 heteroatoms. The van der Waals surface area contributed by atoms with Crippen molar-refractivity contribution in [3.05, 3.63) is 75.5 Å². The maximum Gasteiger partial charge on any atom is 0.419 e. The van der Waals surface area contributed by atoms with E-state index in [-0.39, 0.29) is 22.9 Å². The monoisotopic (exact) mass is 613 g/mol. The van der Waals surface area contributed by atoms with Crippen molar-refractivity contribution in [1.82, 2.24) is 14.9 Å². The van der Waals surface area contributed by atoms with Gasteiger partial charge in [-0.25, -0.2) is 19.2 Å². The summed E-state index contributed by atoms with van der Waals surface area (Å²) in [4.78, 5) is 40.6. The third kappa shape index (κ3) is 5.24. The fourth-order valence-corrected chi connectivity index (χ4v) is 6.37. The van der Waals surface area contributed by atoms with Gasteiger partial charge in [0.25, 0.3) is 5.91 Å². The highest BCUT2D eigenvalue weighted by Gasteiger charge is 2.42. The maximum atomic E-state index is 14.4. The molecule has 2 aliphatic heterocycles. The predicted molar refractivity (Wildman–Crippen MR) is 158 cm³/mol. The van der Waals surface area contributed by atoms with Crippen LogP contribution in [0.2, 0.25) is 0 Å². The van der Waals surface area contributed by atoms with Crippen LogP contribution in [0.25, 0.3) is 0 Å². The van der Waals surface area contributed by atoms with E-state index in [1.165, 1.54) is 6.07 Å². The highest BCUT2D eigenvalue weighted by Crippen LogP contribution is 2.44. The van der Waals surface area contributed by atoms with Crippen LogP contribution in [0, 0.1) is 26.6 Å². The normalized spacial score (nSPS) is 17.6. The van der Waals surface area contributed by atoms with Crippen molar-refractivity contribution in [2.75, 3.05) is 36.0 Å². The van der Waals surface area contributed by atoms with Crippen molar-refractivity contribution < 1.29 is 32.3 Å². The number of pyridine rings is 2. The molecule has 1 saturated heterocycles. The Balaban J connectivity index is 1.41. The molecule has 0 atom stereocenters. The van der Waals surface area contributed by atoms with Gasteiger partial charge in [-0.2, -0.15) is 13.2 Å². The van der Waals surface area contributed by atoms with Crippen LogP contribution in [0.1, 0.15) is 76.6 Å². The molecule has 2 aromatic heterocycles. The number of fused-ring (bicyclic) bond motifs is 1. The first kappa shape index (κ1) is 31.2. The summed E-state index contributed by atoms with van der Waals surface area (Å²) in [6.45, 7) is 14.7. The minimum absolute atomic E-state index is 0.201. The second kappa shape index (κ2) is 10.4. The Hall–Kier alpha value is -4.22. The number of hydrogen-bond donors (Lipinski definition) is 1. The van der Waals surface area contributed by atoms with Crippen LogP contribution in [0.15, 0.2) is 30.3 Å². The highest BCUT2D eigenvalue weighted by atomic mass is 19.4. The summed E-state index contributed by atoms with van der Waals surface area (Å²) in [6.07, 6.45) is -4.79. The predicted octanol–water partition coefficient (Wildman–Crippen LogP) is 6.43. The molecular formula is C32H35F4N5O3. The van der Waals surface area contributed by atoms with Crippen LogP contribution in [0.3, 0.4) is 0 Å². The topological polar surface area (TPSA) is 89.9 Å². The van der Waals surface area contributed by atoms with E-state index in [1.54, 1.807) is 35.8 Å². The van der Waals surface area contributed by atoms with E-state index in [4.69, 9.17) is 4.98 Å². The number of carbonyl (C=O) groups is 2. The molecule has 5 rings (SSSR count). The summed E-state index contributed by atoms with van der Waals surface area (Å²) in [6, 6.07) is 6.17. The summed E-state index contributed by atoms with van der Waals surface area (Å²) in [5.74, 6) is -1.93. The van der Waals surface area contributed by atoms with E-state index in [0.29, 0.717) is 54.6 Å². The Kier molecular flexibility index (Phi) is 7.41. The standard InChI is InChI=1S/C32H35F4N5O3/c1-17-18(2)27(37-19(3)25(17)29(43)44)39-12-13-41(31(6,7)16-39)28(42)23-10-11-24-26(38-23)30(4,5)15-40(24)20-8-9-21(22(33)14-20)32(34,35)36/h8-11,14H,12-13,15-16H2,1-7H3,(H,43,44). The molecule has 0 aliphatic carbocycles. The highest BCUT2D eigenvalue weighted by molar-refractivity contribution is 5.94. The van der Waals surface area contributed by atoms with E-state index in [1.807, 2.05) is 34.6 Å². The second-order valence-electron chi connectivity index (χ2n) is 12.8. The van der Waals surface area contributed by atoms with Crippen molar-refractivity contribution in [3.63, 3.8) is 0 Å². The Morgan fingerprint density at radius 2 is 1.61 bits per heavy atom. The molecule has 0 spiro atoms. The number of alkyl halides is 3. The molecule has 0 unspecified atom stereocenters. The average Bonchev–Trinajstić information content (AvgIpc) is 3.18. The van der Waals surface area contributed by atoms with Gasteiger partial charge in [-0.1, -0.05) is 13.8 Å². The van der Waals surface area contributed by atoms with Crippen molar-refractivity contribution in [2.45, 2.75) is 65.6 Å². The van der Waals surface area contributed by atoms with E-state index >= 15 is 0 Å². The number of nitrogens with zero attached hydrogens (tertiary/aromatic N) is 5. The lowest BCUT2D eigenvalue weighted by atomic mass is 9.91. The first-order valence-corrected chi connectivity index (χ1v) is 14.3. The maximum absolute atomic E-state index is 14.4. The lowest BCUT2D eigenvalue weighted by Gasteiger charge is -2.47. The van der Waals surface area contributed by atoms with Crippen molar-refractivity contribution in [3.8, 4) is 0 Å². The van der Waals surface area contributed by atoms with Crippen LogP contribution in [0.4, 0.5) is 34.8 Å². The van der Waals surface area contributed by atoms with Gasteiger partial charge in [0.15, 0.2) is 0 Å². The molecule has 1 amide bonds. The number of aromatic carboxylic acids is 1. The average molecular weight is 614 g/mol. The molecule has 3 aromatic rings. The number of aromatic nitrogens is 2. The number of carboxylic acids is 1. The Labute approximate surface area is 253 Å². The summed E-state index contributed by atoms with van der Waals surface area (Å²) < 4.78 is 53.8. The zero-order chi connectivity index (χ0) is 32.5. The Morgan fingerprint density at radius 3 is 2.20 bits per heavy atom. The summed E-state index contributed by atoms with van der Waals surface area (Å²) in [5, 5.41) is 9.61. The minimum atomic E-state index is -4.79. The molecule has 0 radical (unpaired) electrons. The molecule has 1 fully saturated rings. The zero-order valence-corrected chi connectivity index (χ0v) is 25.7. The Morgan fingerprint density at radius 1 is 0.932 bits per heavy atom. The molecule has 1 aromatic carbocycles. The van der Waals surface area contributed by atoms with Crippen LogP contribution in [-0.2, 0) is 11.6 Å².